The predicted octanol–water partition coefficient (Wildman–Crippen LogP) is 4.13. The van der Waals surface area contributed by atoms with Gasteiger partial charge >= 0.3 is 0 Å². The third-order valence-corrected chi connectivity index (χ3v) is 4.01. The van der Waals surface area contributed by atoms with Gasteiger partial charge in [0.15, 0.2) is 0 Å². The van der Waals surface area contributed by atoms with Crippen molar-refractivity contribution in [3.8, 4) is 5.69 Å². The number of nitrogens with one attached hydrogen (secondary N) is 1. The fourth-order valence-corrected chi connectivity index (χ4v) is 2.60. The topological polar surface area (TPSA) is 85.8 Å². The lowest BCUT2D eigenvalue weighted by Gasteiger charge is -2.17. The molecule has 0 radical (unpaired) electrons. The number of rotatable bonds is 3. The molecule has 7 heteroatoms. The molecule has 3 N–H and O–H groups in total. The van der Waals surface area contributed by atoms with Crippen LogP contribution < -0.4 is 11.1 Å². The quantitative estimate of drug-likeness (QED) is 0.709. The van der Waals surface area contributed by atoms with Gasteiger partial charge in [0, 0.05) is 11.6 Å². The van der Waals surface area contributed by atoms with Crippen molar-refractivity contribution in [3.63, 3.8) is 0 Å². The highest BCUT2D eigenvalue weighted by atomic mass is 35.5. The predicted molar refractivity (Wildman–Crippen MR) is 111 cm³/mol. The Morgan fingerprint density at radius 2 is 1.78 bits per heavy atom. The molecule has 142 valence electrons. The van der Waals surface area contributed by atoms with Crippen molar-refractivity contribution in [2.24, 2.45) is 0 Å². The molecule has 2 aromatic heterocycles. The van der Waals surface area contributed by atoms with E-state index in [0.29, 0.717) is 17.1 Å². The molecule has 0 atom stereocenters. The molecule has 3 aromatic rings. The average molecular weight is 386 g/mol. The Bertz CT molecular complexity index is 925. The maximum atomic E-state index is 12.8. The van der Waals surface area contributed by atoms with Crippen molar-refractivity contribution in [1.82, 2.24) is 14.8 Å². The van der Waals surface area contributed by atoms with Crippen LogP contribution in [-0.4, -0.2) is 20.7 Å². The minimum atomic E-state index is -0.276. The third kappa shape index (κ3) is 4.65. The van der Waals surface area contributed by atoms with Crippen molar-refractivity contribution < 1.29 is 4.79 Å². The number of nitrogens with two attached hydrogens (primary N) is 1. The summed E-state index contributed by atoms with van der Waals surface area (Å²) in [5.41, 5.74) is 9.26. The van der Waals surface area contributed by atoms with Crippen LogP contribution >= 0.6 is 12.4 Å². The number of benzene rings is 1. The van der Waals surface area contributed by atoms with E-state index >= 15 is 0 Å². The van der Waals surface area contributed by atoms with Crippen molar-refractivity contribution in [2.75, 3.05) is 11.1 Å². The molecule has 0 saturated carbocycles. The molecule has 27 heavy (non-hydrogen) atoms. The second-order valence-corrected chi connectivity index (χ2v) is 7.35. The SMILES string of the molecule is Cc1ccc(-n2cc(C(=O)Nc3ccc(N)nc3)c(C(C)(C)C)n2)cc1.Cl. The highest BCUT2D eigenvalue weighted by Gasteiger charge is 2.26. The molecule has 0 bridgehead atoms. The molecule has 0 unspecified atom stereocenters. The first-order chi connectivity index (χ1) is 12.2. The first-order valence-electron chi connectivity index (χ1n) is 8.44. The van der Waals surface area contributed by atoms with Gasteiger partial charge in [-0.25, -0.2) is 9.67 Å². The molecule has 0 fully saturated rings. The number of carbonyl (C=O) groups is 1. The molecule has 0 aliphatic rings. The van der Waals surface area contributed by atoms with Crippen LogP contribution in [0.1, 0.15) is 42.4 Å². The fraction of sp³-hybridized carbons (Fsp3) is 0.250. The zero-order valence-corrected chi connectivity index (χ0v) is 16.7. The van der Waals surface area contributed by atoms with Crippen LogP contribution in [0.3, 0.4) is 0 Å². The Balaban J connectivity index is 0.00000261. The molecule has 0 spiro atoms. The van der Waals surface area contributed by atoms with Gasteiger partial charge in [0.05, 0.1) is 28.8 Å². The van der Waals surface area contributed by atoms with Gasteiger partial charge in [0.1, 0.15) is 5.82 Å². The highest BCUT2D eigenvalue weighted by molar-refractivity contribution is 6.05. The zero-order valence-electron chi connectivity index (χ0n) is 15.9. The van der Waals surface area contributed by atoms with E-state index in [1.165, 1.54) is 11.8 Å². The van der Waals surface area contributed by atoms with Crippen LogP contribution in [0.15, 0.2) is 48.8 Å². The van der Waals surface area contributed by atoms with Crippen LogP contribution in [-0.2, 0) is 5.41 Å². The Morgan fingerprint density at radius 1 is 1.11 bits per heavy atom. The van der Waals surface area contributed by atoms with E-state index in [0.717, 1.165) is 11.4 Å². The van der Waals surface area contributed by atoms with Gasteiger partial charge in [-0.1, -0.05) is 38.5 Å². The molecule has 1 aromatic carbocycles. The largest absolute Gasteiger partial charge is 0.384 e. The van der Waals surface area contributed by atoms with Crippen molar-refractivity contribution in [1.29, 1.82) is 0 Å². The maximum Gasteiger partial charge on any atom is 0.259 e. The van der Waals surface area contributed by atoms with E-state index in [1.54, 1.807) is 23.0 Å². The Morgan fingerprint density at radius 3 is 2.33 bits per heavy atom. The second kappa shape index (κ2) is 7.80. The molecule has 0 aliphatic carbocycles. The van der Waals surface area contributed by atoms with Crippen molar-refractivity contribution in [3.05, 3.63) is 65.6 Å². The van der Waals surface area contributed by atoms with Crippen LogP contribution in [0.25, 0.3) is 5.69 Å². The minimum absolute atomic E-state index is 0. The second-order valence-electron chi connectivity index (χ2n) is 7.35. The number of carbonyl (C=O) groups excluding carboxylic acids is 1. The summed E-state index contributed by atoms with van der Waals surface area (Å²) in [5, 5.41) is 7.54. The number of aryl methyl sites for hydroxylation is 1. The van der Waals surface area contributed by atoms with E-state index in [9.17, 15) is 4.79 Å². The van der Waals surface area contributed by atoms with Crippen molar-refractivity contribution >= 4 is 29.8 Å². The first kappa shape index (κ1) is 20.5. The molecule has 2 heterocycles. The summed E-state index contributed by atoms with van der Waals surface area (Å²) >= 11 is 0. The lowest BCUT2D eigenvalue weighted by Crippen LogP contribution is -2.20. The van der Waals surface area contributed by atoms with Gasteiger partial charge in [-0.2, -0.15) is 5.10 Å². The summed E-state index contributed by atoms with van der Waals surface area (Å²) in [4.78, 5) is 16.8. The average Bonchev–Trinajstić information content (AvgIpc) is 3.03. The highest BCUT2D eigenvalue weighted by Crippen LogP contribution is 2.26. The molecule has 0 aliphatic heterocycles. The lowest BCUT2D eigenvalue weighted by molar-refractivity contribution is 0.102. The summed E-state index contributed by atoms with van der Waals surface area (Å²) < 4.78 is 1.75. The smallest absolute Gasteiger partial charge is 0.259 e. The molecular formula is C20H24ClN5O. The number of aromatic nitrogens is 3. The van der Waals surface area contributed by atoms with Gasteiger partial charge in [-0.05, 0) is 31.2 Å². The van der Waals surface area contributed by atoms with E-state index in [4.69, 9.17) is 5.73 Å². The Kier molecular flexibility index (Phi) is 5.91. The minimum Gasteiger partial charge on any atom is -0.384 e. The van der Waals surface area contributed by atoms with Gasteiger partial charge in [-0.3, -0.25) is 4.79 Å². The van der Waals surface area contributed by atoms with Gasteiger partial charge in [0.2, 0.25) is 0 Å². The lowest BCUT2D eigenvalue weighted by atomic mass is 9.89. The van der Waals surface area contributed by atoms with Gasteiger partial charge < -0.3 is 11.1 Å². The summed E-state index contributed by atoms with van der Waals surface area (Å²) in [5.74, 6) is 0.186. The first-order valence-corrected chi connectivity index (χ1v) is 8.44. The number of hydrogen-bond acceptors (Lipinski definition) is 4. The standard InChI is InChI=1S/C20H23N5O.ClH/c1-13-5-8-15(9-6-13)25-12-16(18(24-25)20(2,3)4)19(26)23-14-7-10-17(21)22-11-14;/h5-12H,1-4H3,(H2,21,22)(H,23,26);1H. The summed E-state index contributed by atoms with van der Waals surface area (Å²) in [6.45, 7) is 8.15. The monoisotopic (exact) mass is 385 g/mol. The van der Waals surface area contributed by atoms with Gasteiger partial charge in [0.25, 0.3) is 5.91 Å². The molecule has 3 rings (SSSR count). The zero-order chi connectivity index (χ0) is 18.9. The number of amides is 1. The van der Waals surface area contributed by atoms with Crippen LogP contribution in [0.2, 0.25) is 0 Å². The van der Waals surface area contributed by atoms with Crippen LogP contribution in [0, 0.1) is 6.92 Å². The normalized spacial score (nSPS) is 11.0. The number of hydrogen-bond donors (Lipinski definition) is 2. The van der Waals surface area contributed by atoms with Crippen LogP contribution in [0.4, 0.5) is 11.5 Å². The molecular weight excluding hydrogens is 362 g/mol. The molecule has 1 amide bonds. The Labute approximate surface area is 165 Å². The van der Waals surface area contributed by atoms with E-state index in [1.807, 2.05) is 52.0 Å². The summed E-state index contributed by atoms with van der Waals surface area (Å²) in [6, 6.07) is 11.4. The van der Waals surface area contributed by atoms with Crippen molar-refractivity contribution in [2.45, 2.75) is 33.1 Å². The van der Waals surface area contributed by atoms with E-state index < -0.39 is 0 Å². The number of nitrogen functional groups attached to an aromatic ring is 1. The number of pyridine rings is 1. The Hall–Kier alpha value is -2.86. The fourth-order valence-electron chi connectivity index (χ4n) is 2.60. The number of nitrogens with zero attached hydrogens (tertiary/aromatic N) is 3. The summed E-state index contributed by atoms with van der Waals surface area (Å²) in [7, 11) is 0. The van der Waals surface area contributed by atoms with E-state index in [-0.39, 0.29) is 23.7 Å². The third-order valence-electron chi connectivity index (χ3n) is 4.01. The number of halogens is 1. The number of anilines is 2. The molecule has 6 nitrogen and oxygen atoms in total. The maximum absolute atomic E-state index is 12.8. The molecule has 0 saturated heterocycles. The summed E-state index contributed by atoms with van der Waals surface area (Å²) in [6.07, 6.45) is 3.31. The van der Waals surface area contributed by atoms with Gasteiger partial charge in [-0.15, -0.1) is 12.4 Å². The van der Waals surface area contributed by atoms with Crippen LogP contribution in [0.5, 0.6) is 0 Å². The van der Waals surface area contributed by atoms with E-state index in [2.05, 4.69) is 15.4 Å².